The fraction of sp³-hybridized carbons (Fsp3) is 0.550. The van der Waals surface area contributed by atoms with Gasteiger partial charge in [0.2, 0.25) is 5.89 Å². The number of amides is 1. The number of aromatic nitrogens is 2. The summed E-state index contributed by atoms with van der Waals surface area (Å²) in [6.45, 7) is 2.61. The SMILES string of the molecule is O=C(COc1ccc(F)cc1)N1CCCC(c2nc(C3CCOCC3)no2)C1. The van der Waals surface area contributed by atoms with Gasteiger partial charge in [-0.05, 0) is 49.9 Å². The van der Waals surface area contributed by atoms with Gasteiger partial charge in [0.15, 0.2) is 12.4 Å². The fourth-order valence-corrected chi connectivity index (χ4v) is 3.71. The molecule has 150 valence electrons. The molecule has 0 saturated carbocycles. The van der Waals surface area contributed by atoms with Crippen molar-refractivity contribution in [3.05, 3.63) is 41.8 Å². The molecule has 2 aromatic rings. The molecule has 1 aromatic heterocycles. The van der Waals surface area contributed by atoms with Gasteiger partial charge in [-0.15, -0.1) is 0 Å². The van der Waals surface area contributed by atoms with Gasteiger partial charge in [0.05, 0.1) is 5.92 Å². The average molecular weight is 389 g/mol. The number of halogens is 1. The van der Waals surface area contributed by atoms with Crippen molar-refractivity contribution in [3.8, 4) is 5.75 Å². The molecule has 0 aliphatic carbocycles. The molecule has 2 saturated heterocycles. The molecule has 1 amide bonds. The predicted octanol–water partition coefficient (Wildman–Crippen LogP) is 2.89. The van der Waals surface area contributed by atoms with E-state index in [0.29, 0.717) is 24.7 Å². The van der Waals surface area contributed by atoms with Crippen molar-refractivity contribution in [2.75, 3.05) is 32.9 Å². The van der Waals surface area contributed by atoms with Crippen LogP contribution in [0.4, 0.5) is 4.39 Å². The number of carbonyl (C=O) groups excluding carboxylic acids is 1. The van der Waals surface area contributed by atoms with E-state index in [1.807, 2.05) is 0 Å². The van der Waals surface area contributed by atoms with Gasteiger partial charge in [0, 0.05) is 32.2 Å². The third-order valence-electron chi connectivity index (χ3n) is 5.34. The monoisotopic (exact) mass is 389 g/mol. The van der Waals surface area contributed by atoms with Crippen LogP contribution in [-0.4, -0.2) is 53.9 Å². The lowest BCUT2D eigenvalue weighted by atomic mass is 9.97. The molecule has 0 bridgehead atoms. The smallest absolute Gasteiger partial charge is 0.260 e. The molecule has 8 heteroatoms. The number of hydrogen-bond acceptors (Lipinski definition) is 6. The Kier molecular flexibility index (Phi) is 5.85. The van der Waals surface area contributed by atoms with Gasteiger partial charge in [0.1, 0.15) is 11.6 Å². The Morgan fingerprint density at radius 1 is 1.18 bits per heavy atom. The Morgan fingerprint density at radius 2 is 1.96 bits per heavy atom. The first kappa shape index (κ1) is 18.9. The number of rotatable bonds is 5. The van der Waals surface area contributed by atoms with Crippen molar-refractivity contribution in [3.63, 3.8) is 0 Å². The normalized spacial score (nSPS) is 20.9. The highest BCUT2D eigenvalue weighted by Gasteiger charge is 2.30. The van der Waals surface area contributed by atoms with E-state index in [-0.39, 0.29) is 30.2 Å². The van der Waals surface area contributed by atoms with Crippen molar-refractivity contribution in [1.82, 2.24) is 15.0 Å². The largest absolute Gasteiger partial charge is 0.484 e. The molecule has 3 heterocycles. The first-order valence-electron chi connectivity index (χ1n) is 9.76. The van der Waals surface area contributed by atoms with Crippen LogP contribution in [-0.2, 0) is 9.53 Å². The third kappa shape index (κ3) is 4.49. The maximum absolute atomic E-state index is 12.9. The Bertz CT molecular complexity index is 789. The molecule has 2 aliphatic heterocycles. The minimum atomic E-state index is -0.336. The summed E-state index contributed by atoms with van der Waals surface area (Å²) in [7, 11) is 0. The third-order valence-corrected chi connectivity index (χ3v) is 5.34. The summed E-state index contributed by atoms with van der Waals surface area (Å²) in [5, 5.41) is 4.17. The maximum Gasteiger partial charge on any atom is 0.260 e. The van der Waals surface area contributed by atoms with Crippen molar-refractivity contribution in [2.24, 2.45) is 0 Å². The van der Waals surface area contributed by atoms with Crippen LogP contribution in [0.15, 0.2) is 28.8 Å². The molecule has 1 aromatic carbocycles. The molecule has 7 nitrogen and oxygen atoms in total. The first-order chi connectivity index (χ1) is 13.7. The van der Waals surface area contributed by atoms with Crippen molar-refractivity contribution >= 4 is 5.91 Å². The second-order valence-corrected chi connectivity index (χ2v) is 7.30. The van der Waals surface area contributed by atoms with Gasteiger partial charge in [-0.3, -0.25) is 4.79 Å². The minimum absolute atomic E-state index is 0.0459. The standard InChI is InChI=1S/C20H24FN3O4/c21-16-3-5-17(6-4-16)27-13-18(25)24-9-1-2-15(12-24)20-22-19(23-28-20)14-7-10-26-11-8-14/h3-6,14-15H,1-2,7-13H2. The quantitative estimate of drug-likeness (QED) is 0.783. The molecule has 1 atom stereocenters. The zero-order valence-electron chi connectivity index (χ0n) is 15.7. The predicted molar refractivity (Wildman–Crippen MR) is 97.5 cm³/mol. The highest BCUT2D eigenvalue weighted by Crippen LogP contribution is 2.29. The second-order valence-electron chi connectivity index (χ2n) is 7.30. The molecule has 0 spiro atoms. The summed E-state index contributed by atoms with van der Waals surface area (Å²) in [4.78, 5) is 18.9. The molecular formula is C20H24FN3O4. The number of ether oxygens (including phenoxy) is 2. The molecule has 4 rings (SSSR count). The van der Waals surface area contributed by atoms with Crippen LogP contribution >= 0.6 is 0 Å². The van der Waals surface area contributed by atoms with Gasteiger partial charge in [-0.2, -0.15) is 4.98 Å². The lowest BCUT2D eigenvalue weighted by Crippen LogP contribution is -2.41. The van der Waals surface area contributed by atoms with Crippen LogP contribution in [0.25, 0.3) is 0 Å². The Labute approximate surface area is 162 Å². The average Bonchev–Trinajstić information content (AvgIpc) is 3.24. The number of piperidine rings is 1. The molecule has 2 aliphatic rings. The molecule has 2 fully saturated rings. The highest BCUT2D eigenvalue weighted by molar-refractivity contribution is 5.78. The second kappa shape index (κ2) is 8.68. The Hall–Kier alpha value is -2.48. The first-order valence-corrected chi connectivity index (χ1v) is 9.76. The number of benzene rings is 1. The van der Waals surface area contributed by atoms with E-state index < -0.39 is 0 Å². The molecule has 0 N–H and O–H groups in total. The van der Waals surface area contributed by atoms with Gasteiger partial charge in [0.25, 0.3) is 5.91 Å². The summed E-state index contributed by atoms with van der Waals surface area (Å²) in [6.07, 6.45) is 3.61. The zero-order valence-corrected chi connectivity index (χ0v) is 15.7. The van der Waals surface area contributed by atoms with Crippen LogP contribution in [0.5, 0.6) is 5.75 Å². The molecule has 0 radical (unpaired) electrons. The summed E-state index contributed by atoms with van der Waals surface area (Å²) in [5.74, 6) is 1.73. The van der Waals surface area contributed by atoms with Crippen LogP contribution in [0.1, 0.15) is 49.2 Å². The lowest BCUT2D eigenvalue weighted by Gasteiger charge is -2.31. The number of likely N-dealkylation sites (tertiary alicyclic amines) is 1. The van der Waals surface area contributed by atoms with Crippen LogP contribution in [0.3, 0.4) is 0 Å². The molecular weight excluding hydrogens is 365 g/mol. The van der Waals surface area contributed by atoms with Crippen LogP contribution in [0.2, 0.25) is 0 Å². The van der Waals surface area contributed by atoms with Crippen LogP contribution in [0, 0.1) is 5.82 Å². The highest BCUT2D eigenvalue weighted by atomic mass is 19.1. The topological polar surface area (TPSA) is 77.7 Å². The number of nitrogens with zero attached hydrogens (tertiary/aromatic N) is 3. The minimum Gasteiger partial charge on any atom is -0.484 e. The van der Waals surface area contributed by atoms with E-state index in [1.165, 1.54) is 24.3 Å². The van der Waals surface area contributed by atoms with Crippen molar-refractivity contribution < 1.29 is 23.2 Å². The molecule has 28 heavy (non-hydrogen) atoms. The van der Waals surface area contributed by atoms with Crippen LogP contribution < -0.4 is 4.74 Å². The summed E-state index contributed by atoms with van der Waals surface area (Å²) in [6, 6.07) is 5.64. The molecule has 1 unspecified atom stereocenters. The van der Waals surface area contributed by atoms with E-state index >= 15 is 0 Å². The van der Waals surface area contributed by atoms with E-state index in [0.717, 1.165) is 44.7 Å². The van der Waals surface area contributed by atoms with E-state index in [2.05, 4.69) is 10.1 Å². The summed E-state index contributed by atoms with van der Waals surface area (Å²) >= 11 is 0. The summed E-state index contributed by atoms with van der Waals surface area (Å²) in [5.41, 5.74) is 0. The van der Waals surface area contributed by atoms with Gasteiger partial charge < -0.3 is 18.9 Å². The number of hydrogen-bond donors (Lipinski definition) is 0. The van der Waals surface area contributed by atoms with Gasteiger partial charge >= 0.3 is 0 Å². The number of carbonyl (C=O) groups is 1. The Balaban J connectivity index is 1.32. The van der Waals surface area contributed by atoms with Crippen molar-refractivity contribution in [2.45, 2.75) is 37.5 Å². The van der Waals surface area contributed by atoms with Crippen molar-refractivity contribution in [1.29, 1.82) is 0 Å². The lowest BCUT2D eigenvalue weighted by molar-refractivity contribution is -0.134. The van der Waals surface area contributed by atoms with Gasteiger partial charge in [-0.25, -0.2) is 4.39 Å². The summed E-state index contributed by atoms with van der Waals surface area (Å²) < 4.78 is 29.3. The zero-order chi connectivity index (χ0) is 19.3. The van der Waals surface area contributed by atoms with Gasteiger partial charge in [-0.1, -0.05) is 5.16 Å². The van der Waals surface area contributed by atoms with E-state index in [9.17, 15) is 9.18 Å². The Morgan fingerprint density at radius 3 is 2.75 bits per heavy atom. The fourth-order valence-electron chi connectivity index (χ4n) is 3.71. The maximum atomic E-state index is 12.9. The van der Waals surface area contributed by atoms with E-state index in [4.69, 9.17) is 14.0 Å². The van der Waals surface area contributed by atoms with E-state index in [1.54, 1.807) is 4.90 Å².